The summed E-state index contributed by atoms with van der Waals surface area (Å²) in [5, 5.41) is 7.10. The lowest BCUT2D eigenvalue weighted by Crippen LogP contribution is -2.23. The summed E-state index contributed by atoms with van der Waals surface area (Å²) < 4.78 is 20.1. The van der Waals surface area contributed by atoms with Gasteiger partial charge in [-0.2, -0.15) is 0 Å². The molecule has 0 aliphatic carbocycles. The first-order chi connectivity index (χ1) is 13.8. The van der Waals surface area contributed by atoms with E-state index >= 15 is 0 Å². The van der Waals surface area contributed by atoms with Crippen LogP contribution in [0.15, 0.2) is 22.7 Å². The number of carbonyl (C=O) groups is 1. The Kier molecular flexibility index (Phi) is 4.10. The fourth-order valence-electron chi connectivity index (χ4n) is 4.68. The number of imidazole rings is 1. The fourth-order valence-corrected chi connectivity index (χ4v) is 6.56. The summed E-state index contributed by atoms with van der Waals surface area (Å²) in [6, 6.07) is 6.14. The SMILES string of the molecule is C=S1(=O)CC[C@H](n2c([C@@H]3CCC(=O)N3)nc3cc(-c4c(C)noc4C)ccc32)C1. The van der Waals surface area contributed by atoms with E-state index in [1.807, 2.05) is 13.8 Å². The highest BCUT2D eigenvalue weighted by molar-refractivity contribution is 8.00. The van der Waals surface area contributed by atoms with Gasteiger partial charge in [-0.05, 0) is 59.8 Å². The Morgan fingerprint density at radius 1 is 1.31 bits per heavy atom. The number of rotatable bonds is 3. The second-order valence-electron chi connectivity index (χ2n) is 8.18. The minimum atomic E-state index is -2.05. The molecule has 7 nitrogen and oxygen atoms in total. The van der Waals surface area contributed by atoms with Crippen molar-refractivity contribution in [3.8, 4) is 11.1 Å². The summed E-state index contributed by atoms with van der Waals surface area (Å²) in [6.45, 7) is 3.83. The molecule has 2 fully saturated rings. The molecule has 0 radical (unpaired) electrons. The van der Waals surface area contributed by atoms with Crippen LogP contribution in [0.1, 0.15) is 48.6 Å². The van der Waals surface area contributed by atoms with Gasteiger partial charge in [0.1, 0.15) is 11.6 Å². The highest BCUT2D eigenvalue weighted by Crippen LogP contribution is 2.36. The first kappa shape index (κ1) is 18.4. The number of benzene rings is 1. The normalized spacial score (nSPS) is 27.0. The first-order valence-corrected chi connectivity index (χ1v) is 12.0. The van der Waals surface area contributed by atoms with Crippen molar-refractivity contribution in [3.63, 3.8) is 0 Å². The van der Waals surface area contributed by atoms with E-state index in [0.717, 1.165) is 52.3 Å². The zero-order valence-corrected chi connectivity index (χ0v) is 17.4. The monoisotopic (exact) mass is 412 g/mol. The number of fused-ring (bicyclic) bond motifs is 1. The van der Waals surface area contributed by atoms with Crippen LogP contribution in [0, 0.1) is 13.8 Å². The van der Waals surface area contributed by atoms with Crippen LogP contribution in [0.3, 0.4) is 0 Å². The zero-order chi connectivity index (χ0) is 20.3. The van der Waals surface area contributed by atoms with Crippen molar-refractivity contribution in [1.29, 1.82) is 0 Å². The highest BCUT2D eigenvalue weighted by Gasteiger charge is 2.33. The Labute approximate surface area is 169 Å². The van der Waals surface area contributed by atoms with E-state index in [9.17, 15) is 9.00 Å². The van der Waals surface area contributed by atoms with Crippen LogP contribution < -0.4 is 5.32 Å². The van der Waals surface area contributed by atoms with Gasteiger partial charge >= 0.3 is 0 Å². The molecular formula is C21H24N4O3S. The molecule has 2 aromatic heterocycles. The molecule has 29 heavy (non-hydrogen) atoms. The quantitative estimate of drug-likeness (QED) is 0.668. The van der Waals surface area contributed by atoms with E-state index in [1.54, 1.807) is 0 Å². The van der Waals surface area contributed by atoms with Gasteiger partial charge in [0.25, 0.3) is 0 Å². The Morgan fingerprint density at radius 3 is 2.76 bits per heavy atom. The molecule has 3 atom stereocenters. The molecule has 1 unspecified atom stereocenters. The maximum absolute atomic E-state index is 12.6. The number of carbonyl (C=O) groups excluding carboxylic acids is 1. The van der Waals surface area contributed by atoms with Crippen LogP contribution in [0.25, 0.3) is 22.2 Å². The lowest BCUT2D eigenvalue weighted by molar-refractivity contribution is -0.119. The third-order valence-electron chi connectivity index (χ3n) is 6.03. The van der Waals surface area contributed by atoms with Gasteiger partial charge in [0.15, 0.2) is 0 Å². The van der Waals surface area contributed by atoms with Crippen molar-refractivity contribution in [2.45, 2.75) is 45.2 Å². The van der Waals surface area contributed by atoms with Crippen LogP contribution in [0.2, 0.25) is 0 Å². The van der Waals surface area contributed by atoms with Crippen LogP contribution in [0.5, 0.6) is 0 Å². The maximum Gasteiger partial charge on any atom is 0.220 e. The number of aromatic nitrogens is 3. The predicted octanol–water partition coefficient (Wildman–Crippen LogP) is 2.92. The van der Waals surface area contributed by atoms with Crippen molar-refractivity contribution in [1.82, 2.24) is 20.0 Å². The molecule has 4 heterocycles. The van der Waals surface area contributed by atoms with Crippen molar-refractivity contribution in [3.05, 3.63) is 35.5 Å². The molecule has 1 aromatic carbocycles. The first-order valence-electron chi connectivity index (χ1n) is 9.89. The Balaban J connectivity index is 1.67. The lowest BCUT2D eigenvalue weighted by Gasteiger charge is -2.19. The van der Waals surface area contributed by atoms with Gasteiger partial charge in [-0.25, -0.2) is 4.98 Å². The van der Waals surface area contributed by atoms with Gasteiger partial charge in [-0.15, -0.1) is 0 Å². The van der Waals surface area contributed by atoms with E-state index < -0.39 is 9.52 Å². The van der Waals surface area contributed by atoms with Gasteiger partial charge in [-0.3, -0.25) is 9.00 Å². The van der Waals surface area contributed by atoms with E-state index in [-0.39, 0.29) is 18.0 Å². The topological polar surface area (TPSA) is 90.0 Å². The van der Waals surface area contributed by atoms with Crippen LogP contribution in [0.4, 0.5) is 0 Å². The second-order valence-corrected chi connectivity index (χ2v) is 10.9. The third kappa shape index (κ3) is 3.06. The zero-order valence-electron chi connectivity index (χ0n) is 16.6. The molecule has 2 aliphatic rings. The van der Waals surface area contributed by atoms with Crippen LogP contribution >= 0.6 is 0 Å². The summed E-state index contributed by atoms with van der Waals surface area (Å²) in [7, 11) is -2.05. The summed E-state index contributed by atoms with van der Waals surface area (Å²) >= 11 is 0. The summed E-state index contributed by atoms with van der Waals surface area (Å²) in [5.41, 5.74) is 4.70. The Bertz CT molecular complexity index is 1220. The smallest absolute Gasteiger partial charge is 0.220 e. The molecule has 2 aliphatic heterocycles. The molecule has 1 amide bonds. The second kappa shape index (κ2) is 6.45. The molecule has 0 saturated carbocycles. The van der Waals surface area contributed by atoms with Crippen molar-refractivity contribution in [2.75, 3.05) is 11.5 Å². The number of aryl methyl sites for hydroxylation is 2. The van der Waals surface area contributed by atoms with E-state index in [2.05, 4.69) is 39.1 Å². The molecule has 0 spiro atoms. The van der Waals surface area contributed by atoms with E-state index in [4.69, 9.17) is 9.51 Å². The van der Waals surface area contributed by atoms with Gasteiger partial charge in [0.2, 0.25) is 5.91 Å². The van der Waals surface area contributed by atoms with Gasteiger partial charge in [-0.1, -0.05) is 11.2 Å². The number of amides is 1. The maximum atomic E-state index is 12.6. The Hall–Kier alpha value is -2.61. The summed E-state index contributed by atoms with van der Waals surface area (Å²) in [5.74, 6) is 6.79. The van der Waals surface area contributed by atoms with Crippen LogP contribution in [-0.2, 0) is 14.3 Å². The van der Waals surface area contributed by atoms with Gasteiger partial charge in [0, 0.05) is 29.5 Å². The van der Waals surface area contributed by atoms with Crippen molar-refractivity contribution >= 4 is 32.3 Å². The van der Waals surface area contributed by atoms with E-state index in [1.165, 1.54) is 0 Å². The number of hydrogen-bond donors (Lipinski definition) is 1. The molecule has 8 heteroatoms. The minimum Gasteiger partial charge on any atom is -0.361 e. The minimum absolute atomic E-state index is 0.0531. The van der Waals surface area contributed by atoms with Crippen molar-refractivity contribution in [2.24, 2.45) is 0 Å². The van der Waals surface area contributed by atoms with Crippen LogP contribution in [-0.4, -0.2) is 42.2 Å². The highest BCUT2D eigenvalue weighted by atomic mass is 32.2. The molecular weight excluding hydrogens is 388 g/mol. The average molecular weight is 413 g/mol. The lowest BCUT2D eigenvalue weighted by atomic mass is 10.0. The predicted molar refractivity (Wildman–Crippen MR) is 113 cm³/mol. The molecule has 2 saturated heterocycles. The standard InChI is InChI=1S/C21H24N4O3S/c1-12-20(13(2)28-24-12)14-4-6-18-17(10-14)23-21(16-5-7-19(26)22-16)25(18)15-8-9-29(3,27)11-15/h4,6,10,15-16H,3,5,7-9,11H2,1-2H3,(H,22,26)/t15-,16-,29?/m0/s1. The number of nitrogens with one attached hydrogen (secondary N) is 1. The molecule has 0 bridgehead atoms. The molecule has 5 rings (SSSR count). The molecule has 1 N–H and O–H groups in total. The van der Waals surface area contributed by atoms with E-state index in [0.29, 0.717) is 17.9 Å². The average Bonchev–Trinajstić information content (AvgIpc) is 3.41. The van der Waals surface area contributed by atoms with Gasteiger partial charge in [0.05, 0.1) is 22.8 Å². The number of nitrogens with zero attached hydrogens (tertiary/aromatic N) is 3. The fraction of sp³-hybridized carbons (Fsp3) is 0.429. The molecule has 3 aromatic rings. The molecule has 152 valence electrons. The Morgan fingerprint density at radius 2 is 2.14 bits per heavy atom. The third-order valence-corrected chi connectivity index (χ3v) is 8.00. The summed E-state index contributed by atoms with van der Waals surface area (Å²) in [4.78, 5) is 16.8. The number of hydrogen-bond acceptors (Lipinski definition) is 5. The van der Waals surface area contributed by atoms with Gasteiger partial charge < -0.3 is 14.4 Å². The summed E-state index contributed by atoms with van der Waals surface area (Å²) in [6.07, 6.45) is 2.05. The largest absolute Gasteiger partial charge is 0.361 e. The van der Waals surface area contributed by atoms with Crippen molar-refractivity contribution < 1.29 is 13.5 Å².